The van der Waals surface area contributed by atoms with Gasteiger partial charge in [-0.2, -0.15) is 4.98 Å². The van der Waals surface area contributed by atoms with E-state index in [2.05, 4.69) is 27.4 Å². The molecule has 178 valence electrons. The zero-order valence-electron chi connectivity index (χ0n) is 19.9. The highest BCUT2D eigenvalue weighted by molar-refractivity contribution is 5.72. The second-order valence-electron chi connectivity index (χ2n) is 8.62. The molecule has 9 nitrogen and oxygen atoms in total. The van der Waals surface area contributed by atoms with E-state index in [1.165, 1.54) is 0 Å². The van der Waals surface area contributed by atoms with Gasteiger partial charge in [0.15, 0.2) is 5.65 Å². The zero-order valence-corrected chi connectivity index (χ0v) is 19.9. The first kappa shape index (κ1) is 23.3. The number of nitrogens with one attached hydrogen (secondary N) is 2. The fourth-order valence-electron chi connectivity index (χ4n) is 4.43. The van der Waals surface area contributed by atoms with Crippen LogP contribution in [0.25, 0.3) is 11.2 Å². The fraction of sp³-hybridized carbons (Fsp3) is 0.542. The topological polar surface area (TPSA) is 89.2 Å². The Balaban J connectivity index is 1.69. The number of fused-ring (bicyclic) bond motifs is 1. The normalized spacial score (nSPS) is 16.5. The molecule has 33 heavy (non-hydrogen) atoms. The van der Waals surface area contributed by atoms with Crippen LogP contribution in [0.2, 0.25) is 0 Å². The number of methoxy groups -OCH3 is 1. The van der Waals surface area contributed by atoms with Crippen molar-refractivity contribution in [2.45, 2.75) is 38.8 Å². The van der Waals surface area contributed by atoms with Crippen molar-refractivity contribution in [1.29, 1.82) is 0 Å². The van der Waals surface area contributed by atoms with Gasteiger partial charge in [0.05, 0.1) is 25.9 Å². The summed E-state index contributed by atoms with van der Waals surface area (Å²) in [6, 6.07) is 7.94. The van der Waals surface area contributed by atoms with E-state index < -0.39 is 0 Å². The Bertz CT molecular complexity index is 1110. The first-order valence-corrected chi connectivity index (χ1v) is 11.9. The van der Waals surface area contributed by atoms with Crippen molar-refractivity contribution < 1.29 is 4.74 Å². The molecule has 4 rings (SSSR count). The maximum atomic E-state index is 13.7. The number of benzene rings is 1. The van der Waals surface area contributed by atoms with Crippen molar-refractivity contribution in [3.05, 3.63) is 46.5 Å². The maximum Gasteiger partial charge on any atom is 0.330 e. The van der Waals surface area contributed by atoms with Crippen LogP contribution < -0.4 is 21.1 Å². The van der Waals surface area contributed by atoms with Crippen molar-refractivity contribution in [2.75, 3.05) is 52.2 Å². The monoisotopic (exact) mass is 453 g/mol. The van der Waals surface area contributed by atoms with Crippen LogP contribution in [0.3, 0.4) is 0 Å². The summed E-state index contributed by atoms with van der Waals surface area (Å²) in [5.74, 6) is 1.37. The first-order chi connectivity index (χ1) is 16.1. The number of anilines is 1. The predicted octanol–water partition coefficient (Wildman–Crippen LogP) is 2.33. The van der Waals surface area contributed by atoms with E-state index in [0.29, 0.717) is 18.1 Å². The Hall–Kier alpha value is -2.91. The highest BCUT2D eigenvalue weighted by Crippen LogP contribution is 2.25. The molecule has 0 amide bonds. The molecule has 1 atom stereocenters. The Kier molecular flexibility index (Phi) is 7.61. The number of aromatic nitrogens is 4. The number of likely N-dealkylation sites (N-methyl/N-ethyl adjacent to an activating group) is 1. The van der Waals surface area contributed by atoms with Gasteiger partial charge < -0.3 is 15.4 Å². The summed E-state index contributed by atoms with van der Waals surface area (Å²) in [5.41, 5.74) is 2.48. The molecule has 1 aliphatic heterocycles. The molecule has 3 aromatic rings. The molecule has 2 aromatic heterocycles. The van der Waals surface area contributed by atoms with Crippen molar-refractivity contribution in [2.24, 2.45) is 0 Å². The molecule has 1 fully saturated rings. The van der Waals surface area contributed by atoms with E-state index in [-0.39, 0.29) is 11.7 Å². The van der Waals surface area contributed by atoms with Gasteiger partial charge >= 0.3 is 5.69 Å². The minimum atomic E-state index is -0.0266. The Morgan fingerprint density at radius 3 is 2.76 bits per heavy atom. The summed E-state index contributed by atoms with van der Waals surface area (Å²) >= 11 is 0. The van der Waals surface area contributed by atoms with Gasteiger partial charge in [0.2, 0.25) is 5.95 Å². The standard InChI is InChI=1S/C24H35N7O2/c1-4-5-11-26-23-27-15-21-22(28-23)30(16-18-6-8-20(33-3)9-7-18)24(32)31(21)19-10-13-29(17-19)14-12-25-2/h6-9,15,19,25H,4-5,10-14,16-17H2,1-3H3,(H,26,27,28). The quantitative estimate of drug-likeness (QED) is 0.431. The molecule has 0 spiro atoms. The third-order valence-electron chi connectivity index (χ3n) is 6.31. The minimum absolute atomic E-state index is 0.0266. The van der Waals surface area contributed by atoms with E-state index in [1.54, 1.807) is 17.9 Å². The van der Waals surface area contributed by atoms with Crippen molar-refractivity contribution in [3.63, 3.8) is 0 Å². The van der Waals surface area contributed by atoms with Crippen LogP contribution in [0.4, 0.5) is 5.95 Å². The average molecular weight is 454 g/mol. The largest absolute Gasteiger partial charge is 0.497 e. The van der Waals surface area contributed by atoms with Gasteiger partial charge in [-0.25, -0.2) is 9.78 Å². The lowest BCUT2D eigenvalue weighted by molar-refractivity contribution is 0.324. The van der Waals surface area contributed by atoms with Gasteiger partial charge in [-0.3, -0.25) is 14.0 Å². The summed E-state index contributed by atoms with van der Waals surface area (Å²) in [7, 11) is 3.62. The average Bonchev–Trinajstić information content (AvgIpc) is 3.40. The van der Waals surface area contributed by atoms with E-state index in [4.69, 9.17) is 9.72 Å². The number of hydrogen-bond donors (Lipinski definition) is 2. The molecule has 1 unspecified atom stereocenters. The molecule has 0 saturated carbocycles. The molecule has 0 bridgehead atoms. The number of imidazole rings is 1. The van der Waals surface area contributed by atoms with Crippen LogP contribution in [-0.2, 0) is 6.54 Å². The molecular formula is C24H35N7O2. The third-order valence-corrected chi connectivity index (χ3v) is 6.31. The summed E-state index contributed by atoms with van der Waals surface area (Å²) in [4.78, 5) is 25.4. The van der Waals surface area contributed by atoms with E-state index in [0.717, 1.165) is 68.8 Å². The van der Waals surface area contributed by atoms with Gasteiger partial charge in [0, 0.05) is 32.7 Å². The summed E-state index contributed by atoms with van der Waals surface area (Å²) < 4.78 is 8.96. The Morgan fingerprint density at radius 2 is 2.03 bits per heavy atom. The van der Waals surface area contributed by atoms with Crippen molar-refractivity contribution in [1.82, 2.24) is 29.3 Å². The molecular weight excluding hydrogens is 418 g/mol. The lowest BCUT2D eigenvalue weighted by Crippen LogP contribution is -2.32. The van der Waals surface area contributed by atoms with Crippen molar-refractivity contribution >= 4 is 17.1 Å². The third kappa shape index (κ3) is 5.20. The van der Waals surface area contributed by atoms with Crippen LogP contribution in [0, 0.1) is 0 Å². The van der Waals surface area contributed by atoms with Gasteiger partial charge in [-0.05, 0) is 37.6 Å². The smallest absolute Gasteiger partial charge is 0.330 e. The number of unbranched alkanes of at least 4 members (excludes halogenated alkanes) is 1. The van der Waals surface area contributed by atoms with Crippen LogP contribution >= 0.6 is 0 Å². The lowest BCUT2D eigenvalue weighted by atomic mass is 10.2. The number of ether oxygens (including phenoxy) is 1. The molecule has 2 N–H and O–H groups in total. The van der Waals surface area contributed by atoms with Crippen LogP contribution in [0.15, 0.2) is 35.3 Å². The number of hydrogen-bond acceptors (Lipinski definition) is 7. The molecule has 0 radical (unpaired) electrons. The Morgan fingerprint density at radius 1 is 1.21 bits per heavy atom. The molecule has 9 heteroatoms. The second-order valence-corrected chi connectivity index (χ2v) is 8.62. The van der Waals surface area contributed by atoms with Crippen LogP contribution in [0.5, 0.6) is 5.75 Å². The molecule has 3 heterocycles. The molecule has 0 aliphatic carbocycles. The van der Waals surface area contributed by atoms with Crippen molar-refractivity contribution in [3.8, 4) is 5.75 Å². The Labute approximate surface area is 194 Å². The summed E-state index contributed by atoms with van der Waals surface area (Å²) in [6.45, 7) is 7.19. The van der Waals surface area contributed by atoms with Gasteiger partial charge in [-0.15, -0.1) is 0 Å². The summed E-state index contributed by atoms with van der Waals surface area (Å²) in [5, 5.41) is 6.50. The summed E-state index contributed by atoms with van der Waals surface area (Å²) in [6.07, 6.45) is 4.89. The van der Waals surface area contributed by atoms with Gasteiger partial charge in [0.1, 0.15) is 11.3 Å². The van der Waals surface area contributed by atoms with Gasteiger partial charge in [-0.1, -0.05) is 25.5 Å². The predicted molar refractivity (Wildman–Crippen MR) is 131 cm³/mol. The molecule has 1 aromatic carbocycles. The first-order valence-electron chi connectivity index (χ1n) is 11.9. The molecule has 1 saturated heterocycles. The minimum Gasteiger partial charge on any atom is -0.497 e. The van der Waals surface area contributed by atoms with E-state index in [1.807, 2.05) is 35.9 Å². The van der Waals surface area contributed by atoms with E-state index in [9.17, 15) is 4.79 Å². The van der Waals surface area contributed by atoms with Gasteiger partial charge in [0.25, 0.3) is 0 Å². The van der Waals surface area contributed by atoms with Crippen LogP contribution in [0.1, 0.15) is 37.8 Å². The fourth-order valence-corrected chi connectivity index (χ4v) is 4.43. The lowest BCUT2D eigenvalue weighted by Gasteiger charge is -2.16. The number of rotatable bonds is 11. The second kappa shape index (κ2) is 10.8. The highest BCUT2D eigenvalue weighted by atomic mass is 16.5. The van der Waals surface area contributed by atoms with E-state index >= 15 is 0 Å². The number of likely N-dealkylation sites (tertiary alicyclic amines) is 1. The maximum absolute atomic E-state index is 13.7. The van der Waals surface area contributed by atoms with Crippen LogP contribution in [-0.4, -0.2) is 70.9 Å². The molecule has 1 aliphatic rings. The zero-order chi connectivity index (χ0) is 23.2. The SMILES string of the molecule is CCCCNc1ncc2c(n1)n(Cc1ccc(OC)cc1)c(=O)n2C1CCN(CCNC)C1. The number of nitrogens with zero attached hydrogens (tertiary/aromatic N) is 5. The highest BCUT2D eigenvalue weighted by Gasteiger charge is 2.28.